The summed E-state index contributed by atoms with van der Waals surface area (Å²) in [5.74, 6) is 1.82. The number of rotatable bonds is 5. The lowest BCUT2D eigenvalue weighted by Gasteiger charge is -2.28. The molecule has 3 aromatic carbocycles. The molecule has 3 heteroatoms. The third kappa shape index (κ3) is 3.58. The Hall–Kier alpha value is -2.78. The van der Waals surface area contributed by atoms with E-state index in [0.717, 1.165) is 24.5 Å². The molecule has 0 aromatic heterocycles. The van der Waals surface area contributed by atoms with Crippen LogP contribution in [0.2, 0.25) is 0 Å². The largest absolute Gasteiger partial charge is 0.497 e. The molecule has 0 aliphatic carbocycles. The second-order valence-corrected chi connectivity index (χ2v) is 6.55. The summed E-state index contributed by atoms with van der Waals surface area (Å²) in [5, 5.41) is 3.62. The van der Waals surface area contributed by atoms with Gasteiger partial charge in [-0.05, 0) is 52.9 Å². The zero-order chi connectivity index (χ0) is 17.8. The van der Waals surface area contributed by atoms with Crippen molar-refractivity contribution in [2.24, 2.45) is 0 Å². The molecule has 1 heterocycles. The average molecular weight is 345 g/mol. The second kappa shape index (κ2) is 7.63. The van der Waals surface area contributed by atoms with Crippen LogP contribution in [0.1, 0.15) is 28.3 Å². The zero-order valence-electron chi connectivity index (χ0n) is 14.9. The first kappa shape index (κ1) is 16.7. The van der Waals surface area contributed by atoms with E-state index in [1.807, 2.05) is 30.3 Å². The van der Waals surface area contributed by atoms with E-state index < -0.39 is 0 Å². The van der Waals surface area contributed by atoms with Gasteiger partial charge in [-0.15, -0.1) is 0 Å². The summed E-state index contributed by atoms with van der Waals surface area (Å²) in [6.07, 6.45) is 1.01. The van der Waals surface area contributed by atoms with E-state index in [4.69, 9.17) is 9.47 Å². The molecular weight excluding hydrogens is 322 g/mol. The lowest BCUT2D eigenvalue weighted by atomic mass is 9.89. The number of nitrogens with one attached hydrogen (secondary N) is 1. The fourth-order valence-electron chi connectivity index (χ4n) is 3.49. The molecule has 1 unspecified atom stereocenters. The Morgan fingerprint density at radius 1 is 0.923 bits per heavy atom. The molecule has 0 spiro atoms. The SMILES string of the molecule is COc1cccc(C2NCCc3cc(OCc4ccccc4)ccc32)c1. The van der Waals surface area contributed by atoms with Crippen LogP contribution in [0, 0.1) is 0 Å². The first-order chi connectivity index (χ1) is 12.8. The van der Waals surface area contributed by atoms with Crippen LogP contribution in [-0.2, 0) is 13.0 Å². The smallest absolute Gasteiger partial charge is 0.120 e. The molecule has 0 fully saturated rings. The van der Waals surface area contributed by atoms with E-state index in [2.05, 4.69) is 47.8 Å². The summed E-state index contributed by atoms with van der Waals surface area (Å²) in [6, 6.07) is 25.2. The Labute approximate surface area is 154 Å². The van der Waals surface area contributed by atoms with E-state index in [0.29, 0.717) is 6.61 Å². The van der Waals surface area contributed by atoms with E-state index in [1.54, 1.807) is 7.11 Å². The van der Waals surface area contributed by atoms with Crippen LogP contribution in [0.25, 0.3) is 0 Å². The Bertz CT molecular complexity index is 876. The minimum Gasteiger partial charge on any atom is -0.497 e. The number of hydrogen-bond donors (Lipinski definition) is 1. The van der Waals surface area contributed by atoms with Crippen molar-refractivity contribution in [1.82, 2.24) is 5.32 Å². The number of ether oxygens (including phenoxy) is 2. The molecule has 132 valence electrons. The van der Waals surface area contributed by atoms with Gasteiger partial charge in [-0.2, -0.15) is 0 Å². The topological polar surface area (TPSA) is 30.5 Å². The minimum atomic E-state index is 0.192. The van der Waals surface area contributed by atoms with Gasteiger partial charge >= 0.3 is 0 Å². The van der Waals surface area contributed by atoms with E-state index in [9.17, 15) is 0 Å². The van der Waals surface area contributed by atoms with E-state index in [1.165, 1.54) is 22.3 Å². The minimum absolute atomic E-state index is 0.192. The van der Waals surface area contributed by atoms with Gasteiger partial charge in [0.25, 0.3) is 0 Å². The normalized spacial score (nSPS) is 16.0. The van der Waals surface area contributed by atoms with Crippen molar-refractivity contribution < 1.29 is 9.47 Å². The van der Waals surface area contributed by atoms with Crippen LogP contribution in [0.15, 0.2) is 72.8 Å². The first-order valence-corrected chi connectivity index (χ1v) is 9.00. The maximum Gasteiger partial charge on any atom is 0.120 e. The maximum atomic E-state index is 6.00. The molecular formula is C23H23NO2. The van der Waals surface area contributed by atoms with Crippen LogP contribution in [0.3, 0.4) is 0 Å². The second-order valence-electron chi connectivity index (χ2n) is 6.55. The van der Waals surface area contributed by atoms with E-state index >= 15 is 0 Å². The van der Waals surface area contributed by atoms with Crippen molar-refractivity contribution in [3.63, 3.8) is 0 Å². The quantitative estimate of drug-likeness (QED) is 0.738. The number of methoxy groups -OCH3 is 1. The van der Waals surface area contributed by atoms with Crippen molar-refractivity contribution in [3.05, 3.63) is 95.1 Å². The van der Waals surface area contributed by atoms with E-state index in [-0.39, 0.29) is 6.04 Å². The van der Waals surface area contributed by atoms with Crippen molar-refractivity contribution in [3.8, 4) is 11.5 Å². The fraction of sp³-hybridized carbons (Fsp3) is 0.217. The number of fused-ring (bicyclic) bond motifs is 1. The summed E-state index contributed by atoms with van der Waals surface area (Å²) in [7, 11) is 1.71. The third-order valence-corrected chi connectivity index (χ3v) is 4.84. The molecule has 1 N–H and O–H groups in total. The summed E-state index contributed by atoms with van der Waals surface area (Å²) in [4.78, 5) is 0. The van der Waals surface area contributed by atoms with Crippen LogP contribution >= 0.6 is 0 Å². The Morgan fingerprint density at radius 2 is 1.81 bits per heavy atom. The molecule has 0 saturated heterocycles. The Balaban J connectivity index is 1.55. The van der Waals surface area contributed by atoms with Crippen molar-refractivity contribution >= 4 is 0 Å². The lowest BCUT2D eigenvalue weighted by Crippen LogP contribution is -2.30. The van der Waals surface area contributed by atoms with Gasteiger partial charge in [0.05, 0.1) is 13.2 Å². The molecule has 4 rings (SSSR count). The molecule has 1 aliphatic rings. The maximum absolute atomic E-state index is 6.00. The summed E-state index contributed by atoms with van der Waals surface area (Å²) >= 11 is 0. The highest BCUT2D eigenvalue weighted by Gasteiger charge is 2.22. The molecule has 26 heavy (non-hydrogen) atoms. The van der Waals surface area contributed by atoms with Crippen LogP contribution in [0.4, 0.5) is 0 Å². The predicted molar refractivity (Wildman–Crippen MR) is 104 cm³/mol. The standard InChI is InChI=1S/C23H23NO2/c1-25-20-9-5-8-19(15-20)23-22-11-10-21(14-18(22)12-13-24-23)26-16-17-6-3-2-4-7-17/h2-11,14-15,23-24H,12-13,16H2,1H3. The van der Waals surface area contributed by atoms with Gasteiger partial charge in [-0.1, -0.05) is 48.5 Å². The molecule has 0 amide bonds. The highest BCUT2D eigenvalue weighted by Crippen LogP contribution is 2.32. The molecule has 0 radical (unpaired) electrons. The average Bonchev–Trinajstić information content (AvgIpc) is 2.72. The van der Waals surface area contributed by atoms with Crippen LogP contribution in [-0.4, -0.2) is 13.7 Å². The summed E-state index contributed by atoms with van der Waals surface area (Å²) in [6.45, 7) is 1.55. The first-order valence-electron chi connectivity index (χ1n) is 9.00. The Morgan fingerprint density at radius 3 is 2.65 bits per heavy atom. The number of hydrogen-bond acceptors (Lipinski definition) is 3. The number of benzene rings is 3. The monoisotopic (exact) mass is 345 g/mol. The zero-order valence-corrected chi connectivity index (χ0v) is 14.9. The molecule has 0 saturated carbocycles. The van der Waals surface area contributed by atoms with Gasteiger partial charge in [0.1, 0.15) is 18.1 Å². The van der Waals surface area contributed by atoms with Gasteiger partial charge in [-0.25, -0.2) is 0 Å². The third-order valence-electron chi connectivity index (χ3n) is 4.84. The highest BCUT2D eigenvalue weighted by atomic mass is 16.5. The Kier molecular flexibility index (Phi) is 4.89. The molecule has 3 nitrogen and oxygen atoms in total. The van der Waals surface area contributed by atoms with Crippen molar-refractivity contribution in [2.45, 2.75) is 19.1 Å². The lowest BCUT2D eigenvalue weighted by molar-refractivity contribution is 0.305. The molecule has 1 aliphatic heterocycles. The fourth-order valence-corrected chi connectivity index (χ4v) is 3.49. The van der Waals surface area contributed by atoms with Gasteiger partial charge < -0.3 is 14.8 Å². The highest BCUT2D eigenvalue weighted by molar-refractivity contribution is 5.45. The summed E-state index contributed by atoms with van der Waals surface area (Å²) < 4.78 is 11.4. The van der Waals surface area contributed by atoms with Crippen LogP contribution < -0.4 is 14.8 Å². The van der Waals surface area contributed by atoms with Gasteiger partial charge in [-0.3, -0.25) is 0 Å². The van der Waals surface area contributed by atoms with Gasteiger partial charge in [0.2, 0.25) is 0 Å². The molecule has 1 atom stereocenters. The molecule has 3 aromatic rings. The molecule has 0 bridgehead atoms. The van der Waals surface area contributed by atoms with Gasteiger partial charge in [0.15, 0.2) is 0 Å². The van der Waals surface area contributed by atoms with Crippen LogP contribution in [0.5, 0.6) is 11.5 Å². The summed E-state index contributed by atoms with van der Waals surface area (Å²) in [5.41, 5.74) is 5.07. The van der Waals surface area contributed by atoms with Crippen molar-refractivity contribution in [2.75, 3.05) is 13.7 Å². The van der Waals surface area contributed by atoms with Gasteiger partial charge in [0, 0.05) is 6.54 Å². The predicted octanol–water partition coefficient (Wildman–Crippen LogP) is 4.51. The van der Waals surface area contributed by atoms with Crippen molar-refractivity contribution in [1.29, 1.82) is 0 Å².